The van der Waals surface area contributed by atoms with Crippen LogP contribution in [0, 0.1) is 13.8 Å². The predicted octanol–water partition coefficient (Wildman–Crippen LogP) is 0.0837. The molecule has 0 radical (unpaired) electrons. The monoisotopic (exact) mass is 360 g/mol. The van der Waals surface area contributed by atoms with Crippen molar-refractivity contribution in [2.45, 2.75) is 20.0 Å². The lowest BCUT2D eigenvalue weighted by Gasteiger charge is -2.33. The molecule has 140 valence electrons. The summed E-state index contributed by atoms with van der Waals surface area (Å²) in [5.74, 6) is 0.246. The first kappa shape index (κ1) is 18.1. The molecule has 0 saturated carbocycles. The summed E-state index contributed by atoms with van der Waals surface area (Å²) in [6.07, 6.45) is 2.95. The molecule has 0 bridgehead atoms. The Labute approximate surface area is 151 Å². The number of carbonyl (C=O) groups is 1. The van der Waals surface area contributed by atoms with E-state index in [0.717, 1.165) is 11.4 Å². The number of aromatic nitrogens is 4. The molecule has 26 heavy (non-hydrogen) atoms. The van der Waals surface area contributed by atoms with Crippen molar-refractivity contribution in [3.05, 3.63) is 39.7 Å². The van der Waals surface area contributed by atoms with E-state index in [1.165, 1.54) is 4.57 Å². The molecule has 9 heteroatoms. The zero-order chi connectivity index (χ0) is 18.8. The molecule has 3 rings (SSSR count). The minimum Gasteiger partial charge on any atom is -0.373 e. The van der Waals surface area contributed by atoms with Gasteiger partial charge in [0.25, 0.3) is 11.5 Å². The van der Waals surface area contributed by atoms with E-state index in [4.69, 9.17) is 4.74 Å². The predicted molar refractivity (Wildman–Crippen MR) is 96.3 cm³/mol. The molecule has 9 nitrogen and oxygen atoms in total. The molecule has 2 aromatic rings. The van der Waals surface area contributed by atoms with Crippen LogP contribution in [-0.2, 0) is 18.8 Å². The van der Waals surface area contributed by atoms with Gasteiger partial charge in [0.15, 0.2) is 5.82 Å². The van der Waals surface area contributed by atoms with Crippen LogP contribution in [0.3, 0.4) is 0 Å². The van der Waals surface area contributed by atoms with Gasteiger partial charge in [0, 0.05) is 51.8 Å². The number of anilines is 1. The van der Waals surface area contributed by atoms with E-state index in [2.05, 4.69) is 15.4 Å². The van der Waals surface area contributed by atoms with Crippen molar-refractivity contribution in [2.24, 2.45) is 14.1 Å². The van der Waals surface area contributed by atoms with Crippen molar-refractivity contribution in [1.82, 2.24) is 24.2 Å². The van der Waals surface area contributed by atoms with Gasteiger partial charge in [-0.3, -0.25) is 14.3 Å². The summed E-state index contributed by atoms with van der Waals surface area (Å²) in [6.45, 7) is 5.58. The highest BCUT2D eigenvalue weighted by Crippen LogP contribution is 2.17. The summed E-state index contributed by atoms with van der Waals surface area (Å²) in [6, 6.07) is 0. The topological polar surface area (TPSA) is 94.3 Å². The second-order valence-corrected chi connectivity index (χ2v) is 6.49. The van der Waals surface area contributed by atoms with Gasteiger partial charge in [-0.25, -0.2) is 4.98 Å². The van der Waals surface area contributed by atoms with E-state index in [0.29, 0.717) is 31.8 Å². The Balaban J connectivity index is 1.66. The molecule has 1 unspecified atom stereocenters. The second-order valence-electron chi connectivity index (χ2n) is 6.49. The molecule has 1 N–H and O–H groups in total. The van der Waals surface area contributed by atoms with Gasteiger partial charge in [0.2, 0.25) is 0 Å². The number of nitrogens with zero attached hydrogens (tertiary/aromatic N) is 5. The van der Waals surface area contributed by atoms with Crippen LogP contribution in [0.15, 0.2) is 17.2 Å². The molecule has 1 aliphatic heterocycles. The van der Waals surface area contributed by atoms with Gasteiger partial charge in [-0.2, -0.15) is 5.10 Å². The zero-order valence-electron chi connectivity index (χ0n) is 15.5. The molecular weight excluding hydrogens is 336 g/mol. The van der Waals surface area contributed by atoms with Crippen LogP contribution in [-0.4, -0.2) is 62.5 Å². The first-order valence-electron chi connectivity index (χ1n) is 8.55. The standard InChI is InChI=1S/C17H24N6O3/c1-11-14(12(2)22(4)20-11)16(24)23-7-8-26-13(10-23)9-19-15-17(25)21(3)6-5-18-15/h5-6,13H,7-10H2,1-4H3,(H,18,19). The summed E-state index contributed by atoms with van der Waals surface area (Å²) in [4.78, 5) is 30.7. The molecule has 0 aliphatic carbocycles. The van der Waals surface area contributed by atoms with Crippen LogP contribution in [0.1, 0.15) is 21.7 Å². The Kier molecular flexibility index (Phi) is 5.08. The number of hydrogen-bond acceptors (Lipinski definition) is 6. The smallest absolute Gasteiger partial charge is 0.293 e. The Morgan fingerprint density at radius 1 is 1.38 bits per heavy atom. The lowest BCUT2D eigenvalue weighted by Crippen LogP contribution is -2.48. The lowest BCUT2D eigenvalue weighted by molar-refractivity contribution is -0.0150. The number of rotatable bonds is 4. The highest BCUT2D eigenvalue weighted by molar-refractivity contribution is 5.96. The van der Waals surface area contributed by atoms with Gasteiger partial charge in [-0.05, 0) is 13.8 Å². The molecule has 3 heterocycles. The van der Waals surface area contributed by atoms with E-state index >= 15 is 0 Å². The van der Waals surface area contributed by atoms with Crippen LogP contribution in [0.25, 0.3) is 0 Å². The van der Waals surface area contributed by atoms with E-state index in [9.17, 15) is 9.59 Å². The molecule has 1 fully saturated rings. The van der Waals surface area contributed by atoms with Gasteiger partial charge >= 0.3 is 0 Å². The summed E-state index contributed by atoms with van der Waals surface area (Å²) < 4.78 is 8.92. The number of ether oxygens (including phenoxy) is 1. The third-order valence-corrected chi connectivity index (χ3v) is 4.66. The fourth-order valence-corrected chi connectivity index (χ4v) is 3.10. The van der Waals surface area contributed by atoms with E-state index < -0.39 is 0 Å². The van der Waals surface area contributed by atoms with Gasteiger partial charge in [0.05, 0.1) is 24.0 Å². The van der Waals surface area contributed by atoms with Gasteiger partial charge in [-0.15, -0.1) is 0 Å². The third kappa shape index (κ3) is 3.48. The van der Waals surface area contributed by atoms with Crippen molar-refractivity contribution < 1.29 is 9.53 Å². The van der Waals surface area contributed by atoms with Crippen molar-refractivity contribution in [3.63, 3.8) is 0 Å². The van der Waals surface area contributed by atoms with Gasteiger partial charge in [0.1, 0.15) is 0 Å². The van der Waals surface area contributed by atoms with E-state index in [1.807, 2.05) is 20.9 Å². The highest BCUT2D eigenvalue weighted by Gasteiger charge is 2.28. The first-order valence-corrected chi connectivity index (χ1v) is 8.55. The Morgan fingerprint density at radius 3 is 2.85 bits per heavy atom. The Bertz CT molecular complexity index is 872. The lowest BCUT2D eigenvalue weighted by atomic mass is 10.1. The van der Waals surface area contributed by atoms with Crippen molar-refractivity contribution >= 4 is 11.7 Å². The zero-order valence-corrected chi connectivity index (χ0v) is 15.5. The highest BCUT2D eigenvalue weighted by atomic mass is 16.5. The van der Waals surface area contributed by atoms with Crippen LogP contribution in [0.5, 0.6) is 0 Å². The molecule has 1 aliphatic rings. The maximum absolute atomic E-state index is 12.9. The van der Waals surface area contributed by atoms with Crippen LogP contribution in [0.2, 0.25) is 0 Å². The molecule has 2 aromatic heterocycles. The average molecular weight is 360 g/mol. The fourth-order valence-electron chi connectivity index (χ4n) is 3.10. The Hall–Kier alpha value is -2.68. The summed E-state index contributed by atoms with van der Waals surface area (Å²) >= 11 is 0. The molecule has 1 atom stereocenters. The molecule has 1 amide bonds. The van der Waals surface area contributed by atoms with Gasteiger partial charge < -0.3 is 19.5 Å². The largest absolute Gasteiger partial charge is 0.373 e. The van der Waals surface area contributed by atoms with Crippen molar-refractivity contribution in [1.29, 1.82) is 0 Å². The Morgan fingerprint density at radius 2 is 2.15 bits per heavy atom. The number of aryl methyl sites for hydroxylation is 3. The van der Waals surface area contributed by atoms with Crippen molar-refractivity contribution in [2.75, 3.05) is 31.6 Å². The minimum absolute atomic E-state index is 0.0323. The molecule has 0 aromatic carbocycles. The number of hydrogen-bond donors (Lipinski definition) is 1. The maximum Gasteiger partial charge on any atom is 0.293 e. The van der Waals surface area contributed by atoms with E-state index in [1.54, 1.807) is 29.0 Å². The summed E-state index contributed by atoms with van der Waals surface area (Å²) in [5.41, 5.74) is 2.04. The fraction of sp³-hybridized carbons (Fsp3) is 0.529. The number of nitrogens with one attached hydrogen (secondary N) is 1. The van der Waals surface area contributed by atoms with Crippen LogP contribution < -0.4 is 10.9 Å². The second kappa shape index (κ2) is 7.28. The SMILES string of the molecule is Cc1nn(C)c(C)c1C(=O)N1CCOC(CNc2nccn(C)c2=O)C1. The summed E-state index contributed by atoms with van der Waals surface area (Å²) in [5, 5.41) is 7.35. The average Bonchev–Trinajstić information content (AvgIpc) is 2.88. The van der Waals surface area contributed by atoms with Crippen LogP contribution >= 0.6 is 0 Å². The normalized spacial score (nSPS) is 17.4. The number of morpholine rings is 1. The minimum atomic E-state index is -0.211. The number of amides is 1. The van der Waals surface area contributed by atoms with Crippen molar-refractivity contribution in [3.8, 4) is 0 Å². The summed E-state index contributed by atoms with van der Waals surface area (Å²) in [7, 11) is 3.50. The number of carbonyl (C=O) groups excluding carboxylic acids is 1. The quantitative estimate of drug-likeness (QED) is 0.830. The third-order valence-electron chi connectivity index (χ3n) is 4.66. The molecular formula is C17H24N6O3. The van der Waals surface area contributed by atoms with E-state index in [-0.39, 0.29) is 23.4 Å². The molecule has 0 spiro atoms. The maximum atomic E-state index is 12.9. The van der Waals surface area contributed by atoms with Crippen LogP contribution in [0.4, 0.5) is 5.82 Å². The molecule has 1 saturated heterocycles. The first-order chi connectivity index (χ1) is 12.4. The van der Waals surface area contributed by atoms with Gasteiger partial charge in [-0.1, -0.05) is 0 Å².